The first-order chi connectivity index (χ1) is 1.41. The molecular weight excluding hydrogens is 257 g/mol. The van der Waals surface area contributed by atoms with Crippen molar-refractivity contribution in [2.45, 2.75) is 0 Å². The molecule has 0 saturated heterocycles. The molecule has 1 radical (unpaired) electrons. The van der Waals surface area contributed by atoms with Gasteiger partial charge in [0.1, 0.15) is 0 Å². The van der Waals surface area contributed by atoms with Gasteiger partial charge in [-0.3, -0.25) is 8.92 Å². The van der Waals surface area contributed by atoms with Gasteiger partial charge in [0.25, 0.3) is 0 Å². The third-order valence-corrected chi connectivity index (χ3v) is 0. The molecule has 0 atom stereocenters. The van der Waals surface area contributed by atoms with Crippen molar-refractivity contribution in [3.8, 4) is 0 Å². The fourth-order valence-corrected chi connectivity index (χ4v) is 0. The molecule has 0 fully saturated rings. The van der Waals surface area contributed by atoms with Gasteiger partial charge in [-0.25, -0.2) is 0 Å². The minimum atomic E-state index is -1.42. The second-order valence-corrected chi connectivity index (χ2v) is 0.250. The van der Waals surface area contributed by atoms with Crippen molar-refractivity contribution in [3.05, 3.63) is 0 Å². The molecule has 0 amide bonds. The van der Waals surface area contributed by atoms with Crippen LogP contribution < -0.4 is 0 Å². The molecule has 0 unspecified atom stereocenters. The Hall–Kier alpha value is 0.557. The zero-order valence-electron chi connectivity index (χ0n) is 1.62. The summed E-state index contributed by atoms with van der Waals surface area (Å²) in [7, 11) is -1.42. The van der Waals surface area contributed by atoms with Gasteiger partial charge < -0.3 is 0 Å². The van der Waals surface area contributed by atoms with Crippen molar-refractivity contribution in [2.75, 3.05) is 0 Å². The summed E-state index contributed by atoms with van der Waals surface area (Å²) in [6.07, 6.45) is 0. The topological polar surface area (TPSA) is 34.1 Å². The van der Waals surface area contributed by atoms with Crippen LogP contribution in [-0.2, 0) is 31.3 Å². The largest absolute Gasteiger partial charge is 0.549 e. The maximum atomic E-state index is 8.40. The molecule has 0 aliphatic heterocycles. The predicted molar refractivity (Wildman–Crippen MR) is 7.13 cm³/mol. The van der Waals surface area contributed by atoms with Gasteiger partial charge in [0.15, 0.2) is 0 Å². The summed E-state index contributed by atoms with van der Waals surface area (Å²) in [6, 6.07) is 0. The maximum absolute atomic E-state index is 8.40. The summed E-state index contributed by atoms with van der Waals surface area (Å²) >= 11 is 0. The Balaban J connectivity index is 0. The fraction of sp³-hybridized carbons (Fsp3) is 0. The molecule has 0 aromatic carbocycles. The predicted octanol–water partition coefficient (Wildman–Crippen LogP) is -0.621. The molecule has 0 aliphatic carbocycles. The van der Waals surface area contributed by atoms with Crippen molar-refractivity contribution >= 4 is 9.29 Å². The van der Waals surface area contributed by atoms with Crippen LogP contribution in [0, 0.1) is 0 Å². The fourth-order valence-electron chi connectivity index (χ4n) is 0. The Labute approximate surface area is 41.0 Å². The summed E-state index contributed by atoms with van der Waals surface area (Å²) in [5.41, 5.74) is 0. The van der Waals surface area contributed by atoms with Crippen LogP contribution in [-0.4, -0.2) is 9.29 Å². The van der Waals surface area contributed by atoms with E-state index in [1.807, 2.05) is 0 Å². The third-order valence-electron chi connectivity index (χ3n) is 0. The van der Waals surface area contributed by atoms with Crippen LogP contribution in [0.4, 0.5) is 0 Å². The van der Waals surface area contributed by atoms with Gasteiger partial charge in [0, 0.05) is 22.4 Å². The van der Waals surface area contributed by atoms with Crippen LogP contribution in [0.15, 0.2) is 0 Å². The monoisotopic (exact) mass is 257 g/mol. The van der Waals surface area contributed by atoms with Crippen LogP contribution in [0.25, 0.3) is 0 Å². The molecule has 0 aliphatic rings. The smallest absolute Gasteiger partial charge is 0.274 e. The molecule has 0 aromatic rings. The van der Waals surface area contributed by atoms with Gasteiger partial charge in [-0.1, -0.05) is 0 Å². The SMILES string of the molecule is O=[Si]=O.[Au]. The average Bonchev–Trinajstić information content (AvgIpc) is 0.918. The standard InChI is InChI=1S/Au.O2Si/c;1-3-2. The summed E-state index contributed by atoms with van der Waals surface area (Å²) in [5.74, 6) is 0. The molecule has 2 nitrogen and oxygen atoms in total. The molecular formula is AuO2Si. The first-order valence-corrected chi connectivity index (χ1v) is 1.22. The molecule has 4 heavy (non-hydrogen) atoms. The zero-order valence-corrected chi connectivity index (χ0v) is 4.78. The van der Waals surface area contributed by atoms with E-state index in [9.17, 15) is 0 Å². The number of hydrogen-bond acceptors (Lipinski definition) is 2. The van der Waals surface area contributed by atoms with Gasteiger partial charge in [-0.2, -0.15) is 0 Å². The van der Waals surface area contributed by atoms with Gasteiger partial charge in [0.05, 0.1) is 0 Å². The van der Waals surface area contributed by atoms with E-state index >= 15 is 0 Å². The zero-order chi connectivity index (χ0) is 2.71. The van der Waals surface area contributed by atoms with Crippen molar-refractivity contribution < 1.29 is 31.3 Å². The average molecular weight is 257 g/mol. The Kier molecular flexibility index (Phi) is 21.1. The van der Waals surface area contributed by atoms with Crippen LogP contribution in [0.1, 0.15) is 0 Å². The third kappa shape index (κ3) is 20.0. The van der Waals surface area contributed by atoms with Crippen molar-refractivity contribution in [1.82, 2.24) is 0 Å². The second kappa shape index (κ2) is 9.59. The molecule has 0 bridgehead atoms. The first-order valence-electron chi connectivity index (χ1n) is 0.408. The van der Waals surface area contributed by atoms with Crippen molar-refractivity contribution in [2.24, 2.45) is 0 Å². The van der Waals surface area contributed by atoms with E-state index in [-0.39, 0.29) is 22.4 Å². The molecule has 0 N–H and O–H groups in total. The van der Waals surface area contributed by atoms with Gasteiger partial charge >= 0.3 is 9.29 Å². The Morgan fingerprint density at radius 1 is 1.25 bits per heavy atom. The van der Waals surface area contributed by atoms with E-state index in [0.29, 0.717) is 0 Å². The molecule has 0 aromatic heterocycles. The molecule has 0 saturated carbocycles. The number of rotatable bonds is 0. The Morgan fingerprint density at radius 3 is 1.25 bits per heavy atom. The van der Waals surface area contributed by atoms with E-state index in [0.717, 1.165) is 0 Å². The van der Waals surface area contributed by atoms with Gasteiger partial charge in [0.2, 0.25) is 0 Å². The normalized spacial score (nSPS) is 2.00. The van der Waals surface area contributed by atoms with Crippen LogP contribution in [0.3, 0.4) is 0 Å². The number of hydrogen-bond donors (Lipinski definition) is 0. The summed E-state index contributed by atoms with van der Waals surface area (Å²) < 4.78 is 16.8. The van der Waals surface area contributed by atoms with Gasteiger partial charge in [-0.15, -0.1) is 0 Å². The minimum Gasteiger partial charge on any atom is -0.274 e. The molecule has 27 valence electrons. The van der Waals surface area contributed by atoms with Crippen LogP contribution in [0.2, 0.25) is 0 Å². The minimum absolute atomic E-state index is 0. The van der Waals surface area contributed by atoms with Crippen LogP contribution >= 0.6 is 0 Å². The van der Waals surface area contributed by atoms with E-state index in [2.05, 4.69) is 0 Å². The van der Waals surface area contributed by atoms with Crippen molar-refractivity contribution in [1.29, 1.82) is 0 Å². The summed E-state index contributed by atoms with van der Waals surface area (Å²) in [6.45, 7) is 0. The molecule has 0 heterocycles. The van der Waals surface area contributed by atoms with Crippen LogP contribution in [0.5, 0.6) is 0 Å². The Morgan fingerprint density at radius 2 is 1.25 bits per heavy atom. The summed E-state index contributed by atoms with van der Waals surface area (Å²) in [4.78, 5) is 0. The van der Waals surface area contributed by atoms with E-state index < -0.39 is 9.29 Å². The molecule has 0 spiro atoms. The molecule has 4 heteroatoms. The Bertz CT molecular complexity index is 27.0. The van der Waals surface area contributed by atoms with E-state index in [4.69, 9.17) is 8.92 Å². The van der Waals surface area contributed by atoms with Gasteiger partial charge in [-0.05, 0) is 0 Å². The summed E-state index contributed by atoms with van der Waals surface area (Å²) in [5, 5.41) is 0. The maximum Gasteiger partial charge on any atom is 0.549 e. The first kappa shape index (κ1) is 8.82. The second-order valence-electron chi connectivity index (χ2n) is 0.0833. The van der Waals surface area contributed by atoms with E-state index in [1.54, 1.807) is 0 Å². The van der Waals surface area contributed by atoms with Crippen molar-refractivity contribution in [3.63, 3.8) is 0 Å². The van der Waals surface area contributed by atoms with E-state index in [1.165, 1.54) is 0 Å². The molecule has 0 rings (SSSR count). The quantitative estimate of drug-likeness (QED) is 0.542.